The Morgan fingerprint density at radius 1 is 1.33 bits per heavy atom. The van der Waals surface area contributed by atoms with Gasteiger partial charge >= 0.3 is 0 Å². The summed E-state index contributed by atoms with van der Waals surface area (Å²) < 4.78 is 10.5. The first-order valence-corrected chi connectivity index (χ1v) is 5.16. The molecule has 0 fully saturated rings. The van der Waals surface area contributed by atoms with E-state index in [1.807, 2.05) is 6.07 Å². The predicted octanol–water partition coefficient (Wildman–Crippen LogP) is 1.13. The third kappa shape index (κ3) is 2.04. The molecular formula is C11H16N2O2. The highest BCUT2D eigenvalue weighted by Gasteiger charge is 2.15. The highest BCUT2D eigenvalue weighted by molar-refractivity contribution is 5.41. The summed E-state index contributed by atoms with van der Waals surface area (Å²) in [6.07, 6.45) is 2.14. The third-order valence-electron chi connectivity index (χ3n) is 2.65. The molecule has 0 spiro atoms. The molecule has 0 saturated carbocycles. The van der Waals surface area contributed by atoms with Crippen molar-refractivity contribution in [3.05, 3.63) is 17.3 Å². The topological polar surface area (TPSA) is 43.4 Å². The van der Waals surface area contributed by atoms with Crippen molar-refractivity contribution in [3.63, 3.8) is 0 Å². The first kappa shape index (κ1) is 10.2. The van der Waals surface area contributed by atoms with Gasteiger partial charge in [-0.05, 0) is 19.4 Å². The average Bonchev–Trinajstić information content (AvgIpc) is 2.52. The molecule has 0 aromatic carbocycles. The standard InChI is InChI=1S/C11H16N2O2/c1-14-10-6-11(15-2)13-9-7-12-5-3-4-8(9)10/h6,12H,3-5,7H2,1-2H3. The highest BCUT2D eigenvalue weighted by Crippen LogP contribution is 2.28. The van der Waals surface area contributed by atoms with Gasteiger partial charge in [0.1, 0.15) is 5.75 Å². The van der Waals surface area contributed by atoms with Crippen molar-refractivity contribution in [2.45, 2.75) is 19.4 Å². The van der Waals surface area contributed by atoms with Gasteiger partial charge in [-0.1, -0.05) is 0 Å². The van der Waals surface area contributed by atoms with Crippen molar-refractivity contribution in [2.24, 2.45) is 0 Å². The molecule has 4 heteroatoms. The predicted molar refractivity (Wildman–Crippen MR) is 57.4 cm³/mol. The lowest BCUT2D eigenvalue weighted by Crippen LogP contribution is -2.13. The smallest absolute Gasteiger partial charge is 0.216 e. The van der Waals surface area contributed by atoms with Crippen molar-refractivity contribution < 1.29 is 9.47 Å². The first-order chi connectivity index (χ1) is 7.35. The second kappa shape index (κ2) is 4.49. The highest BCUT2D eigenvalue weighted by atomic mass is 16.5. The fourth-order valence-electron chi connectivity index (χ4n) is 1.87. The number of fused-ring (bicyclic) bond motifs is 1. The van der Waals surface area contributed by atoms with Gasteiger partial charge in [-0.25, -0.2) is 4.98 Å². The monoisotopic (exact) mass is 208 g/mol. The molecule has 1 N–H and O–H groups in total. The van der Waals surface area contributed by atoms with Crippen LogP contribution in [-0.4, -0.2) is 25.7 Å². The molecule has 15 heavy (non-hydrogen) atoms. The van der Waals surface area contributed by atoms with Crippen LogP contribution in [0.4, 0.5) is 0 Å². The van der Waals surface area contributed by atoms with Crippen LogP contribution in [0.1, 0.15) is 17.7 Å². The van der Waals surface area contributed by atoms with Gasteiger partial charge in [0.25, 0.3) is 0 Å². The van der Waals surface area contributed by atoms with Crippen LogP contribution >= 0.6 is 0 Å². The molecule has 0 saturated heterocycles. The van der Waals surface area contributed by atoms with E-state index >= 15 is 0 Å². The lowest BCUT2D eigenvalue weighted by molar-refractivity contribution is 0.377. The van der Waals surface area contributed by atoms with Gasteiger partial charge in [0.15, 0.2) is 0 Å². The van der Waals surface area contributed by atoms with Crippen LogP contribution in [0.2, 0.25) is 0 Å². The summed E-state index contributed by atoms with van der Waals surface area (Å²) in [5.74, 6) is 1.51. The first-order valence-electron chi connectivity index (χ1n) is 5.16. The number of ether oxygens (including phenoxy) is 2. The Hall–Kier alpha value is -1.29. The molecular weight excluding hydrogens is 192 g/mol. The minimum absolute atomic E-state index is 0.620. The van der Waals surface area contributed by atoms with Gasteiger partial charge in [0.05, 0.1) is 19.9 Å². The number of hydrogen-bond acceptors (Lipinski definition) is 4. The Bertz CT molecular complexity index is 353. The van der Waals surface area contributed by atoms with Gasteiger partial charge in [-0.3, -0.25) is 0 Å². The molecule has 2 heterocycles. The van der Waals surface area contributed by atoms with E-state index in [4.69, 9.17) is 9.47 Å². The molecule has 2 rings (SSSR count). The van der Waals surface area contributed by atoms with Crippen LogP contribution in [0.5, 0.6) is 11.6 Å². The third-order valence-corrected chi connectivity index (χ3v) is 2.65. The minimum Gasteiger partial charge on any atom is -0.496 e. The molecule has 1 aromatic rings. The molecule has 0 atom stereocenters. The van der Waals surface area contributed by atoms with E-state index in [2.05, 4.69) is 10.3 Å². The van der Waals surface area contributed by atoms with E-state index in [9.17, 15) is 0 Å². The molecule has 0 aliphatic carbocycles. The normalized spacial score (nSPS) is 15.3. The number of nitrogens with one attached hydrogen (secondary N) is 1. The molecule has 0 radical (unpaired) electrons. The summed E-state index contributed by atoms with van der Waals surface area (Å²) >= 11 is 0. The van der Waals surface area contributed by atoms with Gasteiger partial charge in [0.2, 0.25) is 5.88 Å². The summed E-state index contributed by atoms with van der Waals surface area (Å²) in [6, 6.07) is 1.85. The molecule has 1 aromatic heterocycles. The lowest BCUT2D eigenvalue weighted by Gasteiger charge is -2.12. The Morgan fingerprint density at radius 3 is 2.93 bits per heavy atom. The van der Waals surface area contributed by atoms with E-state index in [1.165, 1.54) is 5.56 Å². The van der Waals surface area contributed by atoms with E-state index in [-0.39, 0.29) is 0 Å². The molecule has 82 valence electrons. The fourth-order valence-corrected chi connectivity index (χ4v) is 1.87. The Balaban J connectivity index is 2.45. The summed E-state index contributed by atoms with van der Waals surface area (Å²) in [6.45, 7) is 1.82. The maximum Gasteiger partial charge on any atom is 0.216 e. The van der Waals surface area contributed by atoms with Crippen LogP contribution in [0, 0.1) is 0 Å². The number of hydrogen-bond donors (Lipinski definition) is 1. The number of pyridine rings is 1. The Kier molecular flexibility index (Phi) is 3.06. The number of rotatable bonds is 2. The second-order valence-corrected chi connectivity index (χ2v) is 3.57. The zero-order chi connectivity index (χ0) is 10.7. The SMILES string of the molecule is COc1cc(OC)c2c(n1)CNCCC2. The maximum absolute atomic E-state index is 5.36. The molecule has 1 aliphatic heterocycles. The number of aromatic nitrogens is 1. The van der Waals surface area contributed by atoms with Crippen molar-refractivity contribution in [1.29, 1.82) is 0 Å². The fraction of sp³-hybridized carbons (Fsp3) is 0.545. The average molecular weight is 208 g/mol. The second-order valence-electron chi connectivity index (χ2n) is 3.57. The summed E-state index contributed by atoms with van der Waals surface area (Å²) in [5, 5.41) is 3.33. The van der Waals surface area contributed by atoms with Crippen molar-refractivity contribution in [3.8, 4) is 11.6 Å². The quantitative estimate of drug-likeness (QED) is 0.791. The zero-order valence-corrected chi connectivity index (χ0v) is 9.17. The summed E-state index contributed by atoms with van der Waals surface area (Å²) in [4.78, 5) is 4.44. The largest absolute Gasteiger partial charge is 0.496 e. The molecule has 1 aliphatic rings. The van der Waals surface area contributed by atoms with E-state index in [0.717, 1.165) is 37.4 Å². The van der Waals surface area contributed by atoms with Crippen LogP contribution in [-0.2, 0) is 13.0 Å². The Morgan fingerprint density at radius 2 is 2.20 bits per heavy atom. The van der Waals surface area contributed by atoms with Gasteiger partial charge in [-0.15, -0.1) is 0 Å². The molecule has 0 unspecified atom stereocenters. The minimum atomic E-state index is 0.620. The van der Waals surface area contributed by atoms with Crippen LogP contribution in [0.25, 0.3) is 0 Å². The van der Waals surface area contributed by atoms with Crippen LogP contribution < -0.4 is 14.8 Å². The van der Waals surface area contributed by atoms with E-state index in [0.29, 0.717) is 5.88 Å². The van der Waals surface area contributed by atoms with Crippen LogP contribution in [0.3, 0.4) is 0 Å². The molecule has 0 bridgehead atoms. The van der Waals surface area contributed by atoms with Gasteiger partial charge < -0.3 is 14.8 Å². The van der Waals surface area contributed by atoms with Crippen molar-refractivity contribution >= 4 is 0 Å². The van der Waals surface area contributed by atoms with Crippen LogP contribution in [0.15, 0.2) is 6.07 Å². The van der Waals surface area contributed by atoms with Crippen molar-refractivity contribution in [1.82, 2.24) is 10.3 Å². The summed E-state index contributed by atoms with van der Waals surface area (Å²) in [5.41, 5.74) is 2.26. The van der Waals surface area contributed by atoms with E-state index in [1.54, 1.807) is 14.2 Å². The Labute approximate surface area is 89.6 Å². The lowest BCUT2D eigenvalue weighted by atomic mass is 10.1. The molecule has 0 amide bonds. The van der Waals surface area contributed by atoms with E-state index < -0.39 is 0 Å². The number of methoxy groups -OCH3 is 2. The van der Waals surface area contributed by atoms with Gasteiger partial charge in [0, 0.05) is 18.2 Å². The van der Waals surface area contributed by atoms with Crippen molar-refractivity contribution in [2.75, 3.05) is 20.8 Å². The maximum atomic E-state index is 5.36. The zero-order valence-electron chi connectivity index (χ0n) is 9.17. The number of nitrogens with zero attached hydrogens (tertiary/aromatic N) is 1. The summed E-state index contributed by atoms with van der Waals surface area (Å²) in [7, 11) is 3.31. The van der Waals surface area contributed by atoms with Gasteiger partial charge in [-0.2, -0.15) is 0 Å². The molecule has 4 nitrogen and oxygen atoms in total.